The average molecular weight is 494 g/mol. The number of nitrogens with zero attached hydrogens (tertiary/aromatic N) is 4. The van der Waals surface area contributed by atoms with Crippen LogP contribution in [0.15, 0.2) is 11.4 Å². The van der Waals surface area contributed by atoms with Gasteiger partial charge in [0.25, 0.3) is 0 Å². The smallest absolute Gasteiger partial charge is 0.200 e. The number of aliphatic hydroxyl groups is 1. The Kier molecular flexibility index (Phi) is 7.40. The van der Waals surface area contributed by atoms with Crippen LogP contribution in [0.1, 0.15) is 67.0 Å². The Morgan fingerprint density at radius 2 is 1.85 bits per heavy atom. The molecule has 3 atom stereocenters. The summed E-state index contributed by atoms with van der Waals surface area (Å²) in [6, 6.07) is 0. The lowest BCUT2D eigenvalue weighted by molar-refractivity contribution is -0.0458. The van der Waals surface area contributed by atoms with Crippen molar-refractivity contribution in [2.24, 2.45) is 5.92 Å². The number of thioether (sulfide) groups is 1. The summed E-state index contributed by atoms with van der Waals surface area (Å²) >= 11 is 1.72. The zero-order valence-corrected chi connectivity index (χ0v) is 22.5. The Morgan fingerprint density at radius 1 is 1.18 bits per heavy atom. The lowest BCUT2D eigenvalue weighted by Gasteiger charge is -2.44. The standard InChI is InChI=1S/C23H39N5O3SSi/c1-13(2)33(14(3)4,15(5)6)31-17-9-19(30-18(17)10-29)28-22-20(21(24)25-12-26-22)23(27-28)32-11-16-7-8-16/h12-19,29H,7-11H2,1-6H3,(H2,24,25,26)/t17-,18+,19+/m0/s1. The number of nitrogens with two attached hydrogens (primary N) is 1. The Morgan fingerprint density at radius 3 is 2.42 bits per heavy atom. The molecule has 1 saturated heterocycles. The molecule has 0 unspecified atom stereocenters. The maximum absolute atomic E-state index is 10.2. The molecule has 2 aromatic rings. The van der Waals surface area contributed by atoms with Gasteiger partial charge in [-0.3, -0.25) is 0 Å². The van der Waals surface area contributed by atoms with Gasteiger partial charge < -0.3 is 20.0 Å². The minimum Gasteiger partial charge on any atom is -0.410 e. The van der Waals surface area contributed by atoms with E-state index in [9.17, 15) is 5.11 Å². The van der Waals surface area contributed by atoms with Gasteiger partial charge in [0.15, 0.2) is 11.9 Å². The average Bonchev–Trinajstić information content (AvgIpc) is 3.38. The molecular weight excluding hydrogens is 454 g/mol. The van der Waals surface area contributed by atoms with E-state index in [0.717, 1.165) is 22.1 Å². The second kappa shape index (κ2) is 9.81. The summed E-state index contributed by atoms with van der Waals surface area (Å²) < 4.78 is 15.2. The fourth-order valence-corrected chi connectivity index (χ4v) is 12.4. The minimum absolute atomic E-state index is 0.0838. The van der Waals surface area contributed by atoms with Crippen molar-refractivity contribution in [3.05, 3.63) is 6.33 Å². The third-order valence-corrected chi connectivity index (χ3v) is 14.7. The van der Waals surface area contributed by atoms with Gasteiger partial charge in [0.1, 0.15) is 23.3 Å². The van der Waals surface area contributed by atoms with Crippen molar-refractivity contribution >= 4 is 36.9 Å². The molecule has 3 N–H and O–H groups in total. The van der Waals surface area contributed by atoms with Crippen LogP contribution in [0, 0.1) is 5.92 Å². The molecule has 3 heterocycles. The van der Waals surface area contributed by atoms with Gasteiger partial charge in [-0.2, -0.15) is 5.10 Å². The Labute approximate surface area is 202 Å². The molecule has 1 aliphatic carbocycles. The number of hydrogen-bond donors (Lipinski definition) is 2. The van der Waals surface area contributed by atoms with Crippen molar-refractivity contribution in [2.45, 2.75) is 101 Å². The second-order valence-corrected chi connectivity index (χ2v) is 16.9. The lowest BCUT2D eigenvalue weighted by atomic mass is 10.2. The predicted octanol–water partition coefficient (Wildman–Crippen LogP) is 4.75. The molecule has 0 spiro atoms. The van der Waals surface area contributed by atoms with Gasteiger partial charge in [-0.05, 0) is 35.4 Å². The van der Waals surface area contributed by atoms with Gasteiger partial charge in [0.2, 0.25) is 8.32 Å². The zero-order valence-electron chi connectivity index (χ0n) is 20.7. The number of nitrogen functional groups attached to an aromatic ring is 1. The number of ether oxygens (including phenoxy) is 1. The first-order chi connectivity index (χ1) is 15.7. The largest absolute Gasteiger partial charge is 0.410 e. The zero-order chi connectivity index (χ0) is 23.9. The summed E-state index contributed by atoms with van der Waals surface area (Å²) in [6.07, 6.45) is 3.74. The SMILES string of the molecule is CC(C)[Si](O[C@H]1C[C@H](n2nc(SCC3CC3)c3c(N)ncnc32)O[C@@H]1CO)(C(C)C)C(C)C. The quantitative estimate of drug-likeness (QED) is 0.360. The molecule has 0 radical (unpaired) electrons. The molecule has 8 nitrogen and oxygen atoms in total. The van der Waals surface area contributed by atoms with Crippen LogP contribution in [-0.2, 0) is 9.16 Å². The molecule has 0 aromatic carbocycles. The number of rotatable bonds is 10. The van der Waals surface area contributed by atoms with Crippen LogP contribution >= 0.6 is 11.8 Å². The highest BCUT2D eigenvalue weighted by Crippen LogP contribution is 2.46. The van der Waals surface area contributed by atoms with E-state index in [-0.39, 0.29) is 25.0 Å². The van der Waals surface area contributed by atoms with Crippen LogP contribution in [0.25, 0.3) is 11.0 Å². The summed E-state index contributed by atoms with van der Waals surface area (Å²) in [4.78, 5) is 8.71. The summed E-state index contributed by atoms with van der Waals surface area (Å²) in [5, 5.41) is 16.7. The highest BCUT2D eigenvalue weighted by Gasteiger charge is 2.50. The molecule has 2 aliphatic rings. The van der Waals surface area contributed by atoms with Gasteiger partial charge in [0.05, 0.1) is 18.1 Å². The van der Waals surface area contributed by atoms with E-state index in [2.05, 4.69) is 51.5 Å². The fraction of sp³-hybridized carbons (Fsp3) is 0.783. The molecule has 0 amide bonds. The Bertz CT molecular complexity index is 943. The molecule has 184 valence electrons. The van der Waals surface area contributed by atoms with Crippen LogP contribution in [0.5, 0.6) is 0 Å². The van der Waals surface area contributed by atoms with Crippen LogP contribution in [0.4, 0.5) is 5.82 Å². The molecular formula is C23H39N5O3SSi. The predicted molar refractivity (Wildman–Crippen MR) is 135 cm³/mol. The summed E-state index contributed by atoms with van der Waals surface area (Å²) in [5.74, 6) is 2.24. The normalized spacial score (nSPS) is 24.1. The fourth-order valence-electron chi connectivity index (χ4n) is 5.55. The Balaban J connectivity index is 1.64. The van der Waals surface area contributed by atoms with Gasteiger partial charge in [-0.1, -0.05) is 41.5 Å². The minimum atomic E-state index is -2.13. The third-order valence-electron chi connectivity index (χ3n) is 7.33. The van der Waals surface area contributed by atoms with Gasteiger partial charge >= 0.3 is 0 Å². The van der Waals surface area contributed by atoms with Gasteiger partial charge in [-0.25, -0.2) is 14.6 Å². The molecule has 10 heteroatoms. The van der Waals surface area contributed by atoms with E-state index in [1.807, 2.05) is 4.68 Å². The highest BCUT2D eigenvalue weighted by molar-refractivity contribution is 7.99. The van der Waals surface area contributed by atoms with Crippen molar-refractivity contribution in [2.75, 3.05) is 18.1 Å². The molecule has 2 fully saturated rings. The first-order valence-corrected chi connectivity index (χ1v) is 15.4. The van der Waals surface area contributed by atoms with Gasteiger partial charge in [0, 0.05) is 12.2 Å². The van der Waals surface area contributed by atoms with Crippen LogP contribution in [-0.4, -0.2) is 57.7 Å². The van der Waals surface area contributed by atoms with E-state index in [1.54, 1.807) is 11.8 Å². The Hall–Kier alpha value is -1.20. The van der Waals surface area contributed by atoms with Crippen LogP contribution in [0.2, 0.25) is 16.6 Å². The van der Waals surface area contributed by atoms with Crippen molar-refractivity contribution in [1.29, 1.82) is 0 Å². The van der Waals surface area contributed by atoms with Crippen molar-refractivity contribution in [3.8, 4) is 0 Å². The molecule has 2 aromatic heterocycles. The van der Waals surface area contributed by atoms with Crippen molar-refractivity contribution in [3.63, 3.8) is 0 Å². The van der Waals surface area contributed by atoms with Crippen molar-refractivity contribution < 1.29 is 14.3 Å². The van der Waals surface area contributed by atoms with Crippen LogP contribution in [0.3, 0.4) is 0 Å². The highest BCUT2D eigenvalue weighted by atomic mass is 32.2. The molecule has 0 bridgehead atoms. The molecule has 33 heavy (non-hydrogen) atoms. The topological polar surface area (TPSA) is 108 Å². The maximum atomic E-state index is 10.2. The van der Waals surface area contributed by atoms with Gasteiger partial charge in [-0.15, -0.1) is 11.8 Å². The van der Waals surface area contributed by atoms with Crippen molar-refractivity contribution in [1.82, 2.24) is 19.7 Å². The van der Waals surface area contributed by atoms with E-state index >= 15 is 0 Å². The summed E-state index contributed by atoms with van der Waals surface area (Å²) in [7, 11) is -2.13. The van der Waals surface area contributed by atoms with E-state index in [1.165, 1.54) is 19.2 Å². The van der Waals surface area contributed by atoms with E-state index in [4.69, 9.17) is 20.0 Å². The number of aliphatic hydroxyl groups excluding tert-OH is 1. The number of aromatic nitrogens is 4. The molecule has 1 saturated carbocycles. The third kappa shape index (κ3) is 4.69. The number of anilines is 1. The second-order valence-electron chi connectivity index (χ2n) is 10.5. The first-order valence-electron chi connectivity index (χ1n) is 12.2. The van der Waals surface area contributed by atoms with Crippen LogP contribution < -0.4 is 5.73 Å². The summed E-state index contributed by atoms with van der Waals surface area (Å²) in [6.45, 7) is 13.6. The van der Waals surface area contributed by atoms with E-state index in [0.29, 0.717) is 34.5 Å². The number of hydrogen-bond acceptors (Lipinski definition) is 8. The number of fused-ring (bicyclic) bond motifs is 1. The monoisotopic (exact) mass is 493 g/mol. The molecule has 1 aliphatic heterocycles. The van der Waals surface area contributed by atoms with E-state index < -0.39 is 8.32 Å². The first kappa shape index (κ1) is 24.9. The maximum Gasteiger partial charge on any atom is 0.200 e. The lowest BCUT2D eigenvalue weighted by Crippen LogP contribution is -2.51. The molecule has 4 rings (SSSR count). The summed E-state index contributed by atoms with van der Waals surface area (Å²) in [5.41, 5.74) is 8.29.